The van der Waals surface area contributed by atoms with Gasteiger partial charge in [-0.25, -0.2) is 17.5 Å². The minimum atomic E-state index is -3.74. The van der Waals surface area contributed by atoms with Gasteiger partial charge in [-0.05, 0) is 36.8 Å². The Hall–Kier alpha value is -2.25. The molecule has 0 saturated heterocycles. The highest BCUT2D eigenvalue weighted by Crippen LogP contribution is 2.09. The maximum Gasteiger partial charge on any atom is 0.240 e. The van der Waals surface area contributed by atoms with Gasteiger partial charge in [0.05, 0.1) is 4.90 Å². The summed E-state index contributed by atoms with van der Waals surface area (Å²) in [7, 11) is -3.74. The molecule has 0 bridgehead atoms. The van der Waals surface area contributed by atoms with E-state index in [2.05, 4.69) is 10.0 Å². The molecule has 2 aromatic carbocycles. The number of hydrogen-bond donors (Lipinski definition) is 2. The SMILES string of the molecule is Cc1cccc(CNC(=O)CCNS(=O)(=O)c2ccc(F)cc2)c1. The van der Waals surface area contributed by atoms with Crippen molar-refractivity contribution in [3.63, 3.8) is 0 Å². The number of halogens is 1. The Morgan fingerprint density at radius 3 is 2.50 bits per heavy atom. The van der Waals surface area contributed by atoms with E-state index in [1.807, 2.05) is 31.2 Å². The highest BCUT2D eigenvalue weighted by molar-refractivity contribution is 7.89. The molecule has 0 heterocycles. The minimum Gasteiger partial charge on any atom is -0.352 e. The van der Waals surface area contributed by atoms with Crippen LogP contribution in [0.2, 0.25) is 0 Å². The van der Waals surface area contributed by atoms with E-state index in [1.165, 1.54) is 12.1 Å². The Kier molecular flexibility index (Phi) is 6.05. The molecule has 0 fully saturated rings. The lowest BCUT2D eigenvalue weighted by Gasteiger charge is -2.08. The molecule has 0 atom stereocenters. The molecule has 2 aromatic rings. The second-order valence-electron chi connectivity index (χ2n) is 5.37. The minimum absolute atomic E-state index is 0.0201. The lowest BCUT2D eigenvalue weighted by atomic mass is 10.1. The van der Waals surface area contributed by atoms with E-state index in [1.54, 1.807) is 0 Å². The van der Waals surface area contributed by atoms with Gasteiger partial charge < -0.3 is 5.32 Å². The van der Waals surface area contributed by atoms with Crippen molar-refractivity contribution in [1.29, 1.82) is 0 Å². The number of benzene rings is 2. The van der Waals surface area contributed by atoms with Gasteiger partial charge in [-0.2, -0.15) is 0 Å². The lowest BCUT2D eigenvalue weighted by Crippen LogP contribution is -2.30. The number of carbonyl (C=O) groups excluding carboxylic acids is 1. The van der Waals surface area contributed by atoms with Crippen LogP contribution in [0.4, 0.5) is 4.39 Å². The summed E-state index contributed by atoms with van der Waals surface area (Å²) in [6, 6.07) is 12.3. The van der Waals surface area contributed by atoms with E-state index in [0.717, 1.165) is 23.3 Å². The zero-order chi connectivity index (χ0) is 17.6. The third-order valence-corrected chi connectivity index (χ3v) is 4.82. The fourth-order valence-corrected chi connectivity index (χ4v) is 3.14. The van der Waals surface area contributed by atoms with Crippen LogP contribution in [0, 0.1) is 12.7 Å². The van der Waals surface area contributed by atoms with E-state index in [0.29, 0.717) is 6.54 Å². The normalized spacial score (nSPS) is 11.2. The van der Waals surface area contributed by atoms with Gasteiger partial charge in [-0.15, -0.1) is 0 Å². The van der Waals surface area contributed by atoms with Crippen molar-refractivity contribution in [3.05, 3.63) is 65.5 Å². The molecule has 0 radical (unpaired) electrons. The third-order valence-electron chi connectivity index (χ3n) is 3.34. The zero-order valence-corrected chi connectivity index (χ0v) is 14.1. The van der Waals surface area contributed by atoms with Gasteiger partial charge in [0.25, 0.3) is 0 Å². The molecule has 2 rings (SSSR count). The molecule has 1 amide bonds. The van der Waals surface area contributed by atoms with Crippen LogP contribution in [0.5, 0.6) is 0 Å². The van der Waals surface area contributed by atoms with Gasteiger partial charge in [0.15, 0.2) is 0 Å². The van der Waals surface area contributed by atoms with Gasteiger partial charge >= 0.3 is 0 Å². The summed E-state index contributed by atoms with van der Waals surface area (Å²) in [6.45, 7) is 2.33. The quantitative estimate of drug-likeness (QED) is 0.803. The second-order valence-corrected chi connectivity index (χ2v) is 7.13. The van der Waals surface area contributed by atoms with Crippen LogP contribution in [-0.2, 0) is 21.4 Å². The van der Waals surface area contributed by atoms with Crippen LogP contribution < -0.4 is 10.0 Å². The van der Waals surface area contributed by atoms with Crippen LogP contribution in [0.3, 0.4) is 0 Å². The number of hydrogen-bond acceptors (Lipinski definition) is 3. The third kappa shape index (κ3) is 5.43. The molecule has 5 nitrogen and oxygen atoms in total. The number of rotatable bonds is 7. The van der Waals surface area contributed by atoms with Gasteiger partial charge in [0, 0.05) is 19.5 Å². The molecule has 0 aliphatic heterocycles. The number of amides is 1. The predicted octanol–water partition coefficient (Wildman–Crippen LogP) is 2.12. The van der Waals surface area contributed by atoms with E-state index in [-0.39, 0.29) is 23.8 Å². The van der Waals surface area contributed by atoms with Crippen LogP contribution >= 0.6 is 0 Å². The van der Waals surface area contributed by atoms with Crippen molar-refractivity contribution in [2.45, 2.75) is 24.8 Å². The first kappa shape index (κ1) is 18.1. The predicted molar refractivity (Wildman–Crippen MR) is 89.2 cm³/mol. The first-order valence-corrected chi connectivity index (χ1v) is 8.92. The first-order valence-electron chi connectivity index (χ1n) is 7.44. The highest BCUT2D eigenvalue weighted by atomic mass is 32.2. The highest BCUT2D eigenvalue weighted by Gasteiger charge is 2.14. The van der Waals surface area contributed by atoms with Crippen LogP contribution in [0.25, 0.3) is 0 Å². The van der Waals surface area contributed by atoms with Crippen molar-refractivity contribution in [2.24, 2.45) is 0 Å². The Morgan fingerprint density at radius 1 is 1.12 bits per heavy atom. The molecule has 24 heavy (non-hydrogen) atoms. The summed E-state index contributed by atoms with van der Waals surface area (Å²) >= 11 is 0. The largest absolute Gasteiger partial charge is 0.352 e. The molecule has 0 aromatic heterocycles. The molecule has 0 spiro atoms. The van der Waals surface area contributed by atoms with E-state index in [4.69, 9.17) is 0 Å². The monoisotopic (exact) mass is 350 g/mol. The molecule has 0 unspecified atom stereocenters. The summed E-state index contributed by atoms with van der Waals surface area (Å²) in [5.41, 5.74) is 2.09. The summed E-state index contributed by atoms with van der Waals surface area (Å²) in [4.78, 5) is 11.7. The molecule has 0 aliphatic rings. The van der Waals surface area contributed by atoms with E-state index < -0.39 is 15.8 Å². The van der Waals surface area contributed by atoms with Crippen molar-refractivity contribution in [3.8, 4) is 0 Å². The van der Waals surface area contributed by atoms with E-state index >= 15 is 0 Å². The maximum absolute atomic E-state index is 12.8. The van der Waals surface area contributed by atoms with Gasteiger partial charge in [-0.3, -0.25) is 4.79 Å². The van der Waals surface area contributed by atoms with Crippen LogP contribution in [0.15, 0.2) is 53.4 Å². The molecule has 0 saturated carbocycles. The summed E-state index contributed by atoms with van der Waals surface area (Å²) < 4.78 is 39.1. The average molecular weight is 350 g/mol. The van der Waals surface area contributed by atoms with Gasteiger partial charge in [-0.1, -0.05) is 29.8 Å². The fraction of sp³-hybridized carbons (Fsp3) is 0.235. The number of nitrogens with one attached hydrogen (secondary N) is 2. The maximum atomic E-state index is 12.8. The Morgan fingerprint density at radius 2 is 1.83 bits per heavy atom. The molecule has 128 valence electrons. The van der Waals surface area contributed by atoms with E-state index in [9.17, 15) is 17.6 Å². The number of aryl methyl sites for hydroxylation is 1. The second kappa shape index (κ2) is 8.03. The average Bonchev–Trinajstić information content (AvgIpc) is 2.53. The number of carbonyl (C=O) groups is 1. The molecule has 0 aliphatic carbocycles. The standard InChI is InChI=1S/C17H19FN2O3S/c1-13-3-2-4-14(11-13)12-19-17(21)9-10-20-24(22,23)16-7-5-15(18)6-8-16/h2-8,11,20H,9-10,12H2,1H3,(H,19,21). The Bertz CT molecular complexity index is 805. The van der Waals surface area contributed by atoms with Gasteiger partial charge in [0.2, 0.25) is 15.9 Å². The summed E-state index contributed by atoms with van der Waals surface area (Å²) in [6.07, 6.45) is 0.0201. The summed E-state index contributed by atoms with van der Waals surface area (Å²) in [5.74, 6) is -0.761. The number of sulfonamides is 1. The van der Waals surface area contributed by atoms with Crippen LogP contribution in [-0.4, -0.2) is 20.9 Å². The smallest absolute Gasteiger partial charge is 0.240 e. The molecular formula is C17H19FN2O3S. The Labute approximate surface area is 141 Å². The fourth-order valence-electron chi connectivity index (χ4n) is 2.11. The molecular weight excluding hydrogens is 331 g/mol. The van der Waals surface area contributed by atoms with Crippen molar-refractivity contribution in [1.82, 2.24) is 10.0 Å². The lowest BCUT2D eigenvalue weighted by molar-refractivity contribution is -0.121. The Balaban J connectivity index is 1.78. The topological polar surface area (TPSA) is 75.3 Å². The zero-order valence-electron chi connectivity index (χ0n) is 13.3. The van der Waals surface area contributed by atoms with Crippen molar-refractivity contribution in [2.75, 3.05) is 6.54 Å². The van der Waals surface area contributed by atoms with Crippen molar-refractivity contribution < 1.29 is 17.6 Å². The van der Waals surface area contributed by atoms with Gasteiger partial charge in [0.1, 0.15) is 5.82 Å². The first-order chi connectivity index (χ1) is 11.4. The molecule has 7 heteroatoms. The summed E-state index contributed by atoms with van der Waals surface area (Å²) in [5, 5.41) is 2.74. The molecule has 2 N–H and O–H groups in total. The van der Waals surface area contributed by atoms with Crippen molar-refractivity contribution >= 4 is 15.9 Å². The van der Waals surface area contributed by atoms with Crippen LogP contribution in [0.1, 0.15) is 17.5 Å².